The lowest BCUT2D eigenvalue weighted by Crippen LogP contribution is -2.03. The van der Waals surface area contributed by atoms with Gasteiger partial charge in [-0.2, -0.15) is 5.10 Å². The van der Waals surface area contributed by atoms with Crippen molar-refractivity contribution in [2.75, 3.05) is 6.61 Å². The minimum Gasteiger partial charge on any atom is -0.462 e. The van der Waals surface area contributed by atoms with E-state index < -0.39 is 5.97 Å². The second kappa shape index (κ2) is 6.14. The van der Waals surface area contributed by atoms with Crippen LogP contribution in [0.5, 0.6) is 0 Å². The molecule has 0 bridgehead atoms. The summed E-state index contributed by atoms with van der Waals surface area (Å²) in [6, 6.07) is 7.11. The first-order valence-electron chi connectivity index (χ1n) is 6.51. The van der Waals surface area contributed by atoms with Crippen LogP contribution in [0.1, 0.15) is 41.0 Å². The van der Waals surface area contributed by atoms with Crippen LogP contribution in [0.25, 0.3) is 5.69 Å². The zero-order valence-electron chi connectivity index (χ0n) is 11.5. The van der Waals surface area contributed by atoms with Crippen LogP contribution in [0.15, 0.2) is 36.7 Å². The van der Waals surface area contributed by atoms with E-state index in [1.165, 1.54) is 6.20 Å². The van der Waals surface area contributed by atoms with Crippen molar-refractivity contribution in [2.45, 2.75) is 20.3 Å². The number of nitrogens with zero attached hydrogens (tertiary/aromatic N) is 2. The molecule has 0 N–H and O–H groups in total. The SMILES string of the molecule is CCOC(=O)c1cnn(-c2ccc(C(=O)CC)cc2)c1. The number of carbonyl (C=O) groups excluding carboxylic acids is 2. The van der Waals surface area contributed by atoms with Gasteiger partial charge in [-0.15, -0.1) is 0 Å². The summed E-state index contributed by atoms with van der Waals surface area (Å²) in [5.74, 6) is -0.291. The molecule has 0 aliphatic rings. The first-order chi connectivity index (χ1) is 9.65. The van der Waals surface area contributed by atoms with E-state index in [2.05, 4.69) is 5.10 Å². The van der Waals surface area contributed by atoms with E-state index in [-0.39, 0.29) is 5.78 Å². The molecule has 0 aliphatic heterocycles. The number of aromatic nitrogens is 2. The Morgan fingerprint density at radius 1 is 1.15 bits per heavy atom. The fraction of sp³-hybridized carbons (Fsp3) is 0.267. The van der Waals surface area contributed by atoms with Crippen molar-refractivity contribution in [1.29, 1.82) is 0 Å². The summed E-state index contributed by atoms with van der Waals surface area (Å²) in [5, 5.41) is 4.12. The Labute approximate surface area is 117 Å². The molecule has 0 saturated heterocycles. The summed E-state index contributed by atoms with van der Waals surface area (Å²) in [5.41, 5.74) is 1.86. The van der Waals surface area contributed by atoms with Gasteiger partial charge in [0.15, 0.2) is 5.78 Å². The Kier molecular flexibility index (Phi) is 4.30. The van der Waals surface area contributed by atoms with Crippen molar-refractivity contribution in [1.82, 2.24) is 9.78 Å². The van der Waals surface area contributed by atoms with E-state index in [4.69, 9.17) is 4.74 Å². The number of Topliss-reactive ketones (excluding diaryl/α,β-unsaturated/α-hetero) is 1. The van der Waals surface area contributed by atoms with Gasteiger partial charge in [0.25, 0.3) is 0 Å². The molecule has 104 valence electrons. The molecule has 5 nitrogen and oxygen atoms in total. The van der Waals surface area contributed by atoms with Crippen LogP contribution < -0.4 is 0 Å². The number of hydrogen-bond donors (Lipinski definition) is 0. The molecule has 2 aromatic rings. The number of hydrogen-bond acceptors (Lipinski definition) is 4. The Bertz CT molecular complexity index is 614. The van der Waals surface area contributed by atoms with Crippen molar-refractivity contribution < 1.29 is 14.3 Å². The van der Waals surface area contributed by atoms with Gasteiger partial charge in [0.2, 0.25) is 0 Å². The zero-order chi connectivity index (χ0) is 14.5. The van der Waals surface area contributed by atoms with E-state index in [9.17, 15) is 9.59 Å². The fourth-order valence-corrected chi connectivity index (χ4v) is 1.79. The second-order valence-corrected chi connectivity index (χ2v) is 4.22. The number of ether oxygens (including phenoxy) is 1. The minimum atomic E-state index is -0.392. The van der Waals surface area contributed by atoms with Gasteiger partial charge in [-0.25, -0.2) is 9.48 Å². The normalized spacial score (nSPS) is 10.3. The van der Waals surface area contributed by atoms with Crippen molar-refractivity contribution >= 4 is 11.8 Å². The molecule has 0 saturated carbocycles. The average molecular weight is 272 g/mol. The predicted octanol–water partition coefficient (Wildman–Crippen LogP) is 2.64. The number of esters is 1. The number of rotatable bonds is 5. The van der Waals surface area contributed by atoms with Crippen LogP contribution in [-0.4, -0.2) is 28.1 Å². The maximum atomic E-state index is 11.6. The molecule has 0 aliphatic carbocycles. The van der Waals surface area contributed by atoms with Gasteiger partial charge in [-0.3, -0.25) is 4.79 Å². The summed E-state index contributed by atoms with van der Waals surface area (Å²) in [7, 11) is 0. The molecule has 20 heavy (non-hydrogen) atoms. The van der Waals surface area contributed by atoms with Gasteiger partial charge in [-0.05, 0) is 31.2 Å². The summed E-state index contributed by atoms with van der Waals surface area (Å²) >= 11 is 0. The Hall–Kier alpha value is -2.43. The van der Waals surface area contributed by atoms with Crippen LogP contribution in [0.4, 0.5) is 0 Å². The largest absolute Gasteiger partial charge is 0.462 e. The molecule has 2 rings (SSSR count). The first kappa shape index (κ1) is 14.0. The number of carbonyl (C=O) groups is 2. The minimum absolute atomic E-state index is 0.101. The lowest BCUT2D eigenvalue weighted by atomic mass is 10.1. The highest BCUT2D eigenvalue weighted by Gasteiger charge is 2.10. The first-order valence-corrected chi connectivity index (χ1v) is 6.51. The molecule has 0 amide bonds. The average Bonchev–Trinajstić information content (AvgIpc) is 2.97. The van der Waals surface area contributed by atoms with Crippen LogP contribution >= 0.6 is 0 Å². The van der Waals surface area contributed by atoms with Gasteiger partial charge in [0.05, 0.1) is 24.1 Å². The molecule has 0 fully saturated rings. The Balaban J connectivity index is 2.20. The maximum absolute atomic E-state index is 11.6. The van der Waals surface area contributed by atoms with Gasteiger partial charge in [0, 0.05) is 18.2 Å². The smallest absolute Gasteiger partial charge is 0.341 e. The third kappa shape index (κ3) is 2.93. The molecule has 5 heteroatoms. The van der Waals surface area contributed by atoms with Crippen molar-refractivity contribution in [3.63, 3.8) is 0 Å². The van der Waals surface area contributed by atoms with Gasteiger partial charge in [-0.1, -0.05) is 6.92 Å². The van der Waals surface area contributed by atoms with Gasteiger partial charge < -0.3 is 4.74 Å². The molecule has 0 spiro atoms. The van der Waals surface area contributed by atoms with Crippen LogP contribution in [0.2, 0.25) is 0 Å². The molecule has 0 atom stereocenters. The van der Waals surface area contributed by atoms with E-state index in [1.807, 2.05) is 6.92 Å². The third-order valence-electron chi connectivity index (χ3n) is 2.87. The third-order valence-corrected chi connectivity index (χ3v) is 2.87. The summed E-state index contributed by atoms with van der Waals surface area (Å²) < 4.78 is 6.48. The maximum Gasteiger partial charge on any atom is 0.341 e. The Morgan fingerprint density at radius 2 is 1.85 bits per heavy atom. The Morgan fingerprint density at radius 3 is 2.45 bits per heavy atom. The van der Waals surface area contributed by atoms with E-state index in [0.717, 1.165) is 5.69 Å². The van der Waals surface area contributed by atoms with Crippen molar-refractivity contribution in [3.05, 3.63) is 47.8 Å². The zero-order valence-corrected chi connectivity index (χ0v) is 11.5. The van der Waals surface area contributed by atoms with Crippen LogP contribution in [0.3, 0.4) is 0 Å². The summed E-state index contributed by atoms with van der Waals surface area (Å²) in [6.45, 7) is 3.92. The number of benzene rings is 1. The monoisotopic (exact) mass is 272 g/mol. The second-order valence-electron chi connectivity index (χ2n) is 4.22. The highest BCUT2D eigenvalue weighted by molar-refractivity contribution is 5.96. The lowest BCUT2D eigenvalue weighted by molar-refractivity contribution is 0.0526. The molecular formula is C15H16N2O3. The molecule has 1 heterocycles. The predicted molar refractivity (Wildman–Crippen MR) is 74.1 cm³/mol. The van der Waals surface area contributed by atoms with Crippen LogP contribution in [0, 0.1) is 0 Å². The van der Waals surface area contributed by atoms with Crippen LogP contribution in [-0.2, 0) is 4.74 Å². The highest BCUT2D eigenvalue weighted by Crippen LogP contribution is 2.12. The van der Waals surface area contributed by atoms with E-state index in [0.29, 0.717) is 24.2 Å². The topological polar surface area (TPSA) is 61.2 Å². The van der Waals surface area contributed by atoms with Gasteiger partial charge in [0.1, 0.15) is 0 Å². The summed E-state index contributed by atoms with van der Waals surface area (Å²) in [6.07, 6.45) is 3.55. The van der Waals surface area contributed by atoms with E-state index >= 15 is 0 Å². The highest BCUT2D eigenvalue weighted by atomic mass is 16.5. The van der Waals surface area contributed by atoms with E-state index in [1.54, 1.807) is 42.1 Å². The van der Waals surface area contributed by atoms with Crippen molar-refractivity contribution in [2.24, 2.45) is 0 Å². The van der Waals surface area contributed by atoms with Gasteiger partial charge >= 0.3 is 5.97 Å². The quantitative estimate of drug-likeness (QED) is 0.620. The molecule has 0 unspecified atom stereocenters. The molecule has 1 aromatic carbocycles. The van der Waals surface area contributed by atoms with Crippen molar-refractivity contribution in [3.8, 4) is 5.69 Å². The molecule has 0 radical (unpaired) electrons. The molecular weight excluding hydrogens is 256 g/mol. The fourth-order valence-electron chi connectivity index (χ4n) is 1.79. The molecule has 1 aromatic heterocycles. The standard InChI is InChI=1S/C15H16N2O3/c1-3-14(18)11-5-7-13(8-6-11)17-10-12(9-16-17)15(19)20-4-2/h5-10H,3-4H2,1-2H3. The lowest BCUT2D eigenvalue weighted by Gasteiger charge is -2.02. The number of ketones is 1. The summed E-state index contributed by atoms with van der Waals surface area (Å²) in [4.78, 5) is 23.1.